The van der Waals surface area contributed by atoms with Gasteiger partial charge in [-0.3, -0.25) is 9.89 Å². The van der Waals surface area contributed by atoms with Crippen LogP contribution < -0.4 is 4.90 Å². The monoisotopic (exact) mass is 405 g/mol. The fraction of sp³-hybridized carbons (Fsp3) is 0.182. The first-order chi connectivity index (χ1) is 14.2. The lowest BCUT2D eigenvalue weighted by molar-refractivity contribution is 0.0746. The molecule has 1 aliphatic rings. The molecule has 0 spiro atoms. The number of fused-ring (bicyclic) bond motifs is 1. The van der Waals surface area contributed by atoms with Crippen molar-refractivity contribution >= 4 is 34.2 Å². The standard InChI is InChI=1S/C22H20ClN5O/c23-18-4-1-15(2-5-18)20-14-21(26-25-20)27-9-11-28(12-10-27)22(29)17-3-6-19-16(13-17)7-8-24-19/h1-8,13-14,24H,9-12H2,(H,25,26). The van der Waals surface area contributed by atoms with Crippen molar-refractivity contribution in [1.82, 2.24) is 20.1 Å². The van der Waals surface area contributed by atoms with Gasteiger partial charge in [0, 0.05) is 59.9 Å². The molecular formula is C22H20ClN5O. The summed E-state index contributed by atoms with van der Waals surface area (Å²) in [6.45, 7) is 2.85. The van der Waals surface area contributed by atoms with Crippen LogP contribution in [0.25, 0.3) is 22.2 Å². The smallest absolute Gasteiger partial charge is 0.253 e. The van der Waals surface area contributed by atoms with Crippen LogP contribution in [0.5, 0.6) is 0 Å². The second kappa shape index (κ2) is 7.29. The third-order valence-corrected chi connectivity index (χ3v) is 5.66. The zero-order valence-electron chi connectivity index (χ0n) is 15.7. The first-order valence-corrected chi connectivity index (χ1v) is 9.98. The molecule has 1 aliphatic heterocycles. The summed E-state index contributed by atoms with van der Waals surface area (Å²) < 4.78 is 0. The van der Waals surface area contributed by atoms with Gasteiger partial charge < -0.3 is 14.8 Å². The molecule has 1 amide bonds. The lowest BCUT2D eigenvalue weighted by Gasteiger charge is -2.34. The minimum Gasteiger partial charge on any atom is -0.361 e. The van der Waals surface area contributed by atoms with E-state index in [1.807, 2.05) is 65.7 Å². The van der Waals surface area contributed by atoms with Crippen LogP contribution in [0, 0.1) is 0 Å². The fourth-order valence-corrected chi connectivity index (χ4v) is 3.88. The summed E-state index contributed by atoms with van der Waals surface area (Å²) in [6.07, 6.45) is 1.89. The van der Waals surface area contributed by atoms with E-state index in [4.69, 9.17) is 11.6 Å². The van der Waals surface area contributed by atoms with E-state index in [-0.39, 0.29) is 5.91 Å². The van der Waals surface area contributed by atoms with Gasteiger partial charge in [0.05, 0.1) is 5.69 Å². The Labute approximate surface area is 173 Å². The van der Waals surface area contributed by atoms with Gasteiger partial charge in [0.2, 0.25) is 0 Å². The number of piperazine rings is 1. The van der Waals surface area contributed by atoms with E-state index in [2.05, 4.69) is 20.1 Å². The van der Waals surface area contributed by atoms with Crippen LogP contribution in [0.2, 0.25) is 5.02 Å². The van der Waals surface area contributed by atoms with Gasteiger partial charge in [-0.1, -0.05) is 23.7 Å². The van der Waals surface area contributed by atoms with E-state index in [1.54, 1.807) is 0 Å². The Hall–Kier alpha value is -3.25. The van der Waals surface area contributed by atoms with Gasteiger partial charge in [-0.2, -0.15) is 5.10 Å². The van der Waals surface area contributed by atoms with Crippen molar-refractivity contribution in [3.05, 3.63) is 71.4 Å². The SMILES string of the molecule is O=C(c1ccc2[nH]ccc2c1)N1CCN(c2cc(-c3ccc(Cl)cc3)[nH]n2)CC1. The molecule has 0 bridgehead atoms. The van der Waals surface area contributed by atoms with E-state index in [0.29, 0.717) is 18.1 Å². The molecule has 1 fully saturated rings. The zero-order valence-corrected chi connectivity index (χ0v) is 16.5. The Kier molecular flexibility index (Phi) is 4.48. The normalized spacial score (nSPS) is 14.5. The number of rotatable bonds is 3. The molecule has 146 valence electrons. The Morgan fingerprint density at radius 1 is 0.966 bits per heavy atom. The van der Waals surface area contributed by atoms with E-state index in [9.17, 15) is 4.79 Å². The quantitative estimate of drug-likeness (QED) is 0.537. The maximum atomic E-state index is 12.9. The zero-order chi connectivity index (χ0) is 19.8. The Balaban J connectivity index is 1.25. The van der Waals surface area contributed by atoms with Crippen molar-refractivity contribution < 1.29 is 4.79 Å². The average Bonchev–Trinajstić information content (AvgIpc) is 3.43. The second-order valence-electron chi connectivity index (χ2n) is 7.21. The Morgan fingerprint density at radius 2 is 1.76 bits per heavy atom. The van der Waals surface area contributed by atoms with Gasteiger partial charge in [-0.05, 0) is 42.0 Å². The first-order valence-electron chi connectivity index (χ1n) is 9.60. The van der Waals surface area contributed by atoms with Crippen molar-refractivity contribution in [2.24, 2.45) is 0 Å². The third kappa shape index (κ3) is 3.47. The summed E-state index contributed by atoms with van der Waals surface area (Å²) >= 11 is 5.96. The number of carbonyl (C=O) groups is 1. The number of hydrogen-bond donors (Lipinski definition) is 2. The molecule has 2 N–H and O–H groups in total. The second-order valence-corrected chi connectivity index (χ2v) is 7.64. The van der Waals surface area contributed by atoms with Crippen molar-refractivity contribution in [3.63, 3.8) is 0 Å². The molecule has 2 aromatic carbocycles. The largest absolute Gasteiger partial charge is 0.361 e. The molecule has 7 heteroatoms. The predicted molar refractivity (Wildman–Crippen MR) is 115 cm³/mol. The number of carbonyl (C=O) groups excluding carboxylic acids is 1. The number of aromatic amines is 2. The van der Waals surface area contributed by atoms with Gasteiger partial charge in [0.25, 0.3) is 5.91 Å². The van der Waals surface area contributed by atoms with Crippen molar-refractivity contribution in [2.75, 3.05) is 31.1 Å². The third-order valence-electron chi connectivity index (χ3n) is 5.41. The van der Waals surface area contributed by atoms with Crippen LogP contribution >= 0.6 is 11.6 Å². The first kappa shape index (κ1) is 17.8. The van der Waals surface area contributed by atoms with Gasteiger partial charge in [0.15, 0.2) is 5.82 Å². The number of aromatic nitrogens is 3. The highest BCUT2D eigenvalue weighted by Crippen LogP contribution is 2.24. The van der Waals surface area contributed by atoms with Crippen LogP contribution in [0.3, 0.4) is 0 Å². The maximum Gasteiger partial charge on any atom is 0.253 e. The highest BCUT2D eigenvalue weighted by molar-refractivity contribution is 6.30. The molecular weight excluding hydrogens is 386 g/mol. The average molecular weight is 406 g/mol. The van der Waals surface area contributed by atoms with Crippen molar-refractivity contribution in [2.45, 2.75) is 0 Å². The minimum atomic E-state index is 0.0802. The maximum absolute atomic E-state index is 12.9. The molecule has 4 aromatic rings. The lowest BCUT2D eigenvalue weighted by atomic mass is 10.1. The number of amides is 1. The van der Waals surface area contributed by atoms with Crippen LogP contribution in [0.1, 0.15) is 10.4 Å². The van der Waals surface area contributed by atoms with Crippen molar-refractivity contribution in [3.8, 4) is 11.3 Å². The summed E-state index contributed by atoms with van der Waals surface area (Å²) in [6, 6.07) is 17.5. The number of H-pyrrole nitrogens is 2. The molecule has 6 nitrogen and oxygen atoms in total. The van der Waals surface area contributed by atoms with Crippen LogP contribution in [0.4, 0.5) is 5.82 Å². The van der Waals surface area contributed by atoms with E-state index in [1.165, 1.54) is 0 Å². The fourth-order valence-electron chi connectivity index (χ4n) is 3.76. The number of hydrogen-bond acceptors (Lipinski definition) is 3. The minimum absolute atomic E-state index is 0.0802. The number of nitrogens with one attached hydrogen (secondary N) is 2. The van der Waals surface area contributed by atoms with E-state index >= 15 is 0 Å². The lowest BCUT2D eigenvalue weighted by Crippen LogP contribution is -2.48. The molecule has 0 atom stereocenters. The number of anilines is 1. The van der Waals surface area contributed by atoms with Crippen molar-refractivity contribution in [1.29, 1.82) is 0 Å². The topological polar surface area (TPSA) is 68.0 Å². The predicted octanol–water partition coefficient (Wildman–Crippen LogP) is 4.17. The van der Waals surface area contributed by atoms with Crippen LogP contribution in [0.15, 0.2) is 60.8 Å². The molecule has 0 aliphatic carbocycles. The van der Waals surface area contributed by atoms with Gasteiger partial charge in [-0.15, -0.1) is 0 Å². The molecule has 3 heterocycles. The van der Waals surface area contributed by atoms with Crippen LogP contribution in [-0.2, 0) is 0 Å². The number of halogens is 1. The molecule has 29 heavy (non-hydrogen) atoms. The molecule has 0 saturated carbocycles. The molecule has 0 radical (unpaired) electrons. The molecule has 5 rings (SSSR count). The number of benzene rings is 2. The molecule has 2 aromatic heterocycles. The Morgan fingerprint density at radius 3 is 2.55 bits per heavy atom. The summed E-state index contributed by atoms with van der Waals surface area (Å²) in [5, 5.41) is 9.32. The van der Waals surface area contributed by atoms with E-state index in [0.717, 1.165) is 46.6 Å². The molecule has 0 unspecified atom stereocenters. The van der Waals surface area contributed by atoms with Gasteiger partial charge in [0.1, 0.15) is 0 Å². The van der Waals surface area contributed by atoms with Gasteiger partial charge >= 0.3 is 0 Å². The summed E-state index contributed by atoms with van der Waals surface area (Å²) in [7, 11) is 0. The molecule has 1 saturated heterocycles. The summed E-state index contributed by atoms with van der Waals surface area (Å²) in [5.74, 6) is 0.979. The Bertz CT molecular complexity index is 1160. The number of nitrogens with zero attached hydrogens (tertiary/aromatic N) is 3. The summed E-state index contributed by atoms with van der Waals surface area (Å²) in [4.78, 5) is 20.2. The van der Waals surface area contributed by atoms with Gasteiger partial charge in [-0.25, -0.2) is 0 Å². The van der Waals surface area contributed by atoms with E-state index < -0.39 is 0 Å². The highest BCUT2D eigenvalue weighted by atomic mass is 35.5. The highest BCUT2D eigenvalue weighted by Gasteiger charge is 2.23. The van der Waals surface area contributed by atoms with Crippen LogP contribution in [-0.4, -0.2) is 52.2 Å². The summed E-state index contributed by atoms with van der Waals surface area (Å²) in [5.41, 5.74) is 3.77.